The third-order valence-electron chi connectivity index (χ3n) is 4.50. The fourth-order valence-corrected chi connectivity index (χ4v) is 2.88. The Kier molecular flexibility index (Phi) is 7.86. The first kappa shape index (κ1) is 20.5. The number of hydrogen-bond donors (Lipinski definition) is 1. The first-order valence-corrected chi connectivity index (χ1v) is 9.43. The number of amides is 2. The number of nitrogens with zero attached hydrogens (tertiary/aromatic N) is 1. The van der Waals surface area contributed by atoms with Gasteiger partial charge in [0, 0.05) is 31.6 Å². The van der Waals surface area contributed by atoms with Crippen LogP contribution < -0.4 is 15.0 Å². The second-order valence-corrected chi connectivity index (χ2v) is 6.38. The van der Waals surface area contributed by atoms with Gasteiger partial charge in [0.25, 0.3) is 0 Å². The molecule has 0 unspecified atom stereocenters. The van der Waals surface area contributed by atoms with Crippen LogP contribution in [0.25, 0.3) is 0 Å². The van der Waals surface area contributed by atoms with Gasteiger partial charge in [-0.05, 0) is 49.2 Å². The summed E-state index contributed by atoms with van der Waals surface area (Å²) in [5.41, 5.74) is 0.777. The standard InChI is InChI=1S/C22H28N2O3/c1-4-18(5-2)22(26)23-15-16-24(17(3)25)19-11-13-21(14-12-19)27-20-9-7-6-8-10-20/h6-14,18H,4-5,15-16H2,1-3H3,(H,23,26). The number of anilines is 1. The molecule has 27 heavy (non-hydrogen) atoms. The van der Waals surface area contributed by atoms with Gasteiger partial charge in [-0.2, -0.15) is 0 Å². The Bertz CT molecular complexity index is 725. The summed E-state index contributed by atoms with van der Waals surface area (Å²) in [6.45, 7) is 6.40. The van der Waals surface area contributed by atoms with E-state index in [4.69, 9.17) is 4.74 Å². The summed E-state index contributed by atoms with van der Waals surface area (Å²) in [5, 5.41) is 2.93. The van der Waals surface area contributed by atoms with Crippen LogP contribution in [0.4, 0.5) is 5.69 Å². The number of carbonyl (C=O) groups is 2. The summed E-state index contributed by atoms with van der Waals surface area (Å²) in [6, 6.07) is 16.9. The van der Waals surface area contributed by atoms with E-state index in [-0.39, 0.29) is 17.7 Å². The highest BCUT2D eigenvalue weighted by Gasteiger charge is 2.15. The van der Waals surface area contributed by atoms with Crippen molar-refractivity contribution >= 4 is 17.5 Å². The molecular weight excluding hydrogens is 340 g/mol. The summed E-state index contributed by atoms with van der Waals surface area (Å²) in [4.78, 5) is 25.8. The first-order valence-electron chi connectivity index (χ1n) is 9.43. The maximum absolute atomic E-state index is 12.1. The molecule has 0 bridgehead atoms. The van der Waals surface area contributed by atoms with Gasteiger partial charge in [-0.1, -0.05) is 32.0 Å². The quantitative estimate of drug-likeness (QED) is 0.714. The SMILES string of the molecule is CCC(CC)C(=O)NCCN(C(C)=O)c1ccc(Oc2ccccc2)cc1. The number of ether oxygens (including phenoxy) is 1. The third kappa shape index (κ3) is 6.13. The molecule has 1 N–H and O–H groups in total. The van der Waals surface area contributed by atoms with Crippen LogP contribution in [0.2, 0.25) is 0 Å². The van der Waals surface area contributed by atoms with E-state index in [0.717, 1.165) is 24.3 Å². The Balaban J connectivity index is 1.96. The molecule has 5 heteroatoms. The second kappa shape index (κ2) is 10.4. The highest BCUT2D eigenvalue weighted by Crippen LogP contribution is 2.24. The van der Waals surface area contributed by atoms with Gasteiger partial charge in [-0.25, -0.2) is 0 Å². The van der Waals surface area contributed by atoms with Gasteiger partial charge in [0.2, 0.25) is 11.8 Å². The molecule has 2 rings (SSSR count). The van der Waals surface area contributed by atoms with Crippen LogP contribution in [0.15, 0.2) is 54.6 Å². The number of rotatable bonds is 9. The van der Waals surface area contributed by atoms with Crippen molar-refractivity contribution in [1.82, 2.24) is 5.32 Å². The Morgan fingerprint density at radius 2 is 1.56 bits per heavy atom. The zero-order chi connectivity index (χ0) is 19.6. The Labute approximate surface area is 161 Å². The van der Waals surface area contributed by atoms with Crippen LogP contribution in [0.3, 0.4) is 0 Å². The summed E-state index contributed by atoms with van der Waals surface area (Å²) in [5.74, 6) is 1.48. The molecule has 0 aliphatic carbocycles. The lowest BCUT2D eigenvalue weighted by Crippen LogP contribution is -2.39. The van der Waals surface area contributed by atoms with E-state index in [9.17, 15) is 9.59 Å². The van der Waals surface area contributed by atoms with E-state index in [1.54, 1.807) is 4.90 Å². The minimum atomic E-state index is -0.0662. The second-order valence-electron chi connectivity index (χ2n) is 6.38. The number of carbonyl (C=O) groups excluding carboxylic acids is 2. The molecule has 0 atom stereocenters. The fraction of sp³-hybridized carbons (Fsp3) is 0.364. The topological polar surface area (TPSA) is 58.6 Å². The molecule has 0 saturated heterocycles. The zero-order valence-corrected chi connectivity index (χ0v) is 16.3. The van der Waals surface area contributed by atoms with Crippen LogP contribution in [0.1, 0.15) is 33.6 Å². The lowest BCUT2D eigenvalue weighted by molar-refractivity contribution is -0.125. The van der Waals surface area contributed by atoms with Crippen LogP contribution >= 0.6 is 0 Å². The minimum absolute atomic E-state index is 0.0326. The maximum atomic E-state index is 12.1. The Hall–Kier alpha value is -2.82. The lowest BCUT2D eigenvalue weighted by Gasteiger charge is -2.22. The first-order chi connectivity index (χ1) is 13.0. The monoisotopic (exact) mass is 368 g/mol. The van der Waals surface area contributed by atoms with Gasteiger partial charge < -0.3 is 15.0 Å². The summed E-state index contributed by atoms with van der Waals surface area (Å²) < 4.78 is 5.78. The van der Waals surface area contributed by atoms with Gasteiger partial charge in [0.05, 0.1) is 0 Å². The molecule has 2 amide bonds. The molecule has 2 aromatic carbocycles. The predicted molar refractivity (Wildman–Crippen MR) is 108 cm³/mol. The van der Waals surface area contributed by atoms with Crippen molar-refractivity contribution in [2.75, 3.05) is 18.0 Å². The summed E-state index contributed by atoms with van der Waals surface area (Å²) >= 11 is 0. The lowest BCUT2D eigenvalue weighted by atomic mass is 10.0. The van der Waals surface area contributed by atoms with E-state index >= 15 is 0 Å². The molecule has 144 valence electrons. The van der Waals surface area contributed by atoms with Gasteiger partial charge in [0.1, 0.15) is 11.5 Å². The molecule has 0 spiro atoms. The molecule has 5 nitrogen and oxygen atoms in total. The largest absolute Gasteiger partial charge is 0.457 e. The van der Waals surface area contributed by atoms with Crippen LogP contribution in [-0.4, -0.2) is 24.9 Å². The Morgan fingerprint density at radius 3 is 2.11 bits per heavy atom. The molecular formula is C22H28N2O3. The van der Waals surface area contributed by atoms with Crippen molar-refractivity contribution in [2.24, 2.45) is 5.92 Å². The van der Waals surface area contributed by atoms with Crippen molar-refractivity contribution in [1.29, 1.82) is 0 Å². The van der Waals surface area contributed by atoms with Crippen LogP contribution in [0, 0.1) is 5.92 Å². The average molecular weight is 368 g/mol. The smallest absolute Gasteiger partial charge is 0.223 e. The highest BCUT2D eigenvalue weighted by atomic mass is 16.5. The van der Waals surface area contributed by atoms with Crippen LogP contribution in [0.5, 0.6) is 11.5 Å². The van der Waals surface area contributed by atoms with E-state index in [2.05, 4.69) is 5.32 Å². The van der Waals surface area contributed by atoms with E-state index in [1.807, 2.05) is 68.4 Å². The van der Waals surface area contributed by atoms with E-state index in [0.29, 0.717) is 18.8 Å². The summed E-state index contributed by atoms with van der Waals surface area (Å²) in [6.07, 6.45) is 1.64. The molecule has 0 fully saturated rings. The van der Waals surface area contributed by atoms with E-state index < -0.39 is 0 Å². The normalized spacial score (nSPS) is 10.5. The van der Waals surface area contributed by atoms with Gasteiger partial charge in [-0.3, -0.25) is 9.59 Å². The van der Waals surface area contributed by atoms with Crippen molar-refractivity contribution in [2.45, 2.75) is 33.6 Å². The van der Waals surface area contributed by atoms with Crippen molar-refractivity contribution in [3.05, 3.63) is 54.6 Å². The van der Waals surface area contributed by atoms with Gasteiger partial charge >= 0.3 is 0 Å². The average Bonchev–Trinajstić information content (AvgIpc) is 2.67. The molecule has 0 radical (unpaired) electrons. The zero-order valence-electron chi connectivity index (χ0n) is 16.3. The number of benzene rings is 2. The predicted octanol–water partition coefficient (Wildman–Crippen LogP) is 4.38. The number of hydrogen-bond acceptors (Lipinski definition) is 3. The van der Waals surface area contributed by atoms with Crippen LogP contribution in [-0.2, 0) is 9.59 Å². The molecule has 2 aromatic rings. The molecule has 0 aliphatic rings. The number of nitrogens with one attached hydrogen (secondary N) is 1. The van der Waals surface area contributed by atoms with E-state index in [1.165, 1.54) is 6.92 Å². The summed E-state index contributed by atoms with van der Waals surface area (Å²) in [7, 11) is 0. The maximum Gasteiger partial charge on any atom is 0.223 e. The molecule has 0 heterocycles. The molecule has 0 aliphatic heterocycles. The fourth-order valence-electron chi connectivity index (χ4n) is 2.88. The third-order valence-corrected chi connectivity index (χ3v) is 4.50. The minimum Gasteiger partial charge on any atom is -0.457 e. The van der Waals surface area contributed by atoms with Crippen molar-refractivity contribution in [3.63, 3.8) is 0 Å². The number of para-hydroxylation sites is 1. The molecule has 0 saturated carbocycles. The highest BCUT2D eigenvalue weighted by molar-refractivity contribution is 5.91. The van der Waals surface area contributed by atoms with Gasteiger partial charge in [0.15, 0.2) is 0 Å². The van der Waals surface area contributed by atoms with Crippen molar-refractivity contribution < 1.29 is 14.3 Å². The Morgan fingerprint density at radius 1 is 0.963 bits per heavy atom. The van der Waals surface area contributed by atoms with Gasteiger partial charge in [-0.15, -0.1) is 0 Å². The molecule has 0 aromatic heterocycles. The van der Waals surface area contributed by atoms with Crippen molar-refractivity contribution in [3.8, 4) is 11.5 Å².